The van der Waals surface area contributed by atoms with Crippen molar-refractivity contribution in [3.05, 3.63) is 66.1 Å². The number of para-hydroxylation sites is 2. The van der Waals surface area contributed by atoms with Crippen LogP contribution in [0.2, 0.25) is 0 Å². The van der Waals surface area contributed by atoms with Gasteiger partial charge in [-0.25, -0.2) is 15.0 Å². The Morgan fingerprint density at radius 3 is 2.44 bits per heavy atom. The molecule has 0 unspecified atom stereocenters. The van der Waals surface area contributed by atoms with Gasteiger partial charge in [0.1, 0.15) is 11.5 Å². The second-order valence-corrected chi connectivity index (χ2v) is 6.74. The van der Waals surface area contributed by atoms with Crippen molar-refractivity contribution in [3.8, 4) is 11.3 Å². The Morgan fingerprint density at radius 2 is 1.72 bits per heavy atom. The van der Waals surface area contributed by atoms with Crippen LogP contribution in [0.5, 0.6) is 0 Å². The summed E-state index contributed by atoms with van der Waals surface area (Å²) in [4.78, 5) is 32.4. The lowest BCUT2D eigenvalue weighted by atomic mass is 10.1. The first-order valence-corrected chi connectivity index (χ1v) is 9.55. The van der Waals surface area contributed by atoms with Gasteiger partial charge in [-0.05, 0) is 12.1 Å². The lowest BCUT2D eigenvalue weighted by Crippen LogP contribution is -2.25. The van der Waals surface area contributed by atoms with Crippen molar-refractivity contribution < 1.29 is 4.79 Å². The summed E-state index contributed by atoms with van der Waals surface area (Å²) in [7, 11) is 0. The van der Waals surface area contributed by atoms with E-state index >= 15 is 0 Å². The van der Waals surface area contributed by atoms with Crippen LogP contribution in [-0.4, -0.2) is 38.3 Å². The van der Waals surface area contributed by atoms with Crippen LogP contribution < -0.4 is 22.5 Å². The van der Waals surface area contributed by atoms with E-state index in [1.165, 1.54) is 0 Å². The number of rotatable bonds is 6. The standard InChI is InChI=1S/C21H21N9O.ClH/c22-18-17(20(31)30-21(23)24)28-16(12-6-2-1-3-7-12)19(29-18)25-11-10-15-26-13-8-4-5-9-14(13)27-15;/h1-9H,10-11H2,(H,26,27)(H3,22,25,29)(H4,23,24,30,31);1H. The van der Waals surface area contributed by atoms with Crippen molar-refractivity contribution in [1.29, 1.82) is 0 Å². The van der Waals surface area contributed by atoms with Crippen LogP contribution >= 0.6 is 12.4 Å². The molecule has 4 aromatic rings. The Morgan fingerprint density at radius 1 is 1.00 bits per heavy atom. The van der Waals surface area contributed by atoms with Gasteiger partial charge in [0, 0.05) is 18.5 Å². The minimum Gasteiger partial charge on any atom is -0.382 e. The smallest absolute Gasteiger partial charge is 0.302 e. The SMILES string of the molecule is Cl.NC(N)=NC(=O)c1nc(-c2ccccc2)c(NCCc2nc3ccccc3[nH]2)nc1N. The normalized spacial score (nSPS) is 10.4. The van der Waals surface area contributed by atoms with Crippen LogP contribution in [0.3, 0.4) is 0 Å². The van der Waals surface area contributed by atoms with Crippen LogP contribution in [0, 0.1) is 0 Å². The van der Waals surface area contributed by atoms with Crippen LogP contribution in [-0.2, 0) is 6.42 Å². The highest BCUT2D eigenvalue weighted by atomic mass is 35.5. The molecule has 0 fully saturated rings. The van der Waals surface area contributed by atoms with Crippen molar-refractivity contribution >= 4 is 46.9 Å². The minimum atomic E-state index is -0.754. The molecule has 0 atom stereocenters. The topological polar surface area (TPSA) is 174 Å². The predicted molar refractivity (Wildman–Crippen MR) is 128 cm³/mol. The molecule has 32 heavy (non-hydrogen) atoms. The van der Waals surface area contributed by atoms with Crippen LogP contribution in [0.25, 0.3) is 22.3 Å². The molecule has 0 bridgehead atoms. The first-order valence-electron chi connectivity index (χ1n) is 9.55. The molecule has 1 amide bonds. The number of hydrogen-bond donors (Lipinski definition) is 5. The number of carbonyl (C=O) groups excluding carboxylic acids is 1. The maximum absolute atomic E-state index is 12.3. The summed E-state index contributed by atoms with van der Waals surface area (Å²) in [5.74, 6) is 0.0916. The molecule has 11 heteroatoms. The number of H-pyrrole nitrogens is 1. The number of benzene rings is 2. The van der Waals surface area contributed by atoms with Crippen molar-refractivity contribution in [3.63, 3.8) is 0 Å². The summed E-state index contributed by atoms with van der Waals surface area (Å²) in [6.07, 6.45) is 0.624. The number of aliphatic imine (C=N–C) groups is 1. The maximum atomic E-state index is 12.3. The maximum Gasteiger partial charge on any atom is 0.302 e. The van der Waals surface area contributed by atoms with E-state index < -0.39 is 5.91 Å². The molecule has 0 saturated carbocycles. The third-order valence-electron chi connectivity index (χ3n) is 4.50. The minimum absolute atomic E-state index is 0. The summed E-state index contributed by atoms with van der Waals surface area (Å²) in [6, 6.07) is 17.2. The molecule has 8 N–H and O–H groups in total. The largest absolute Gasteiger partial charge is 0.382 e. The highest BCUT2D eigenvalue weighted by Gasteiger charge is 2.19. The van der Waals surface area contributed by atoms with E-state index in [4.69, 9.17) is 17.2 Å². The number of nitrogens with one attached hydrogen (secondary N) is 2. The van der Waals surface area contributed by atoms with E-state index in [1.807, 2.05) is 54.6 Å². The first kappa shape index (κ1) is 22.5. The van der Waals surface area contributed by atoms with Crippen molar-refractivity contribution in [2.24, 2.45) is 16.5 Å². The molecule has 164 valence electrons. The molecule has 2 heterocycles. The number of aromatic amines is 1. The second kappa shape index (κ2) is 9.75. The lowest BCUT2D eigenvalue weighted by molar-refractivity contribution is 0.0998. The predicted octanol–water partition coefficient (Wildman–Crippen LogP) is 2.09. The fourth-order valence-corrected chi connectivity index (χ4v) is 3.12. The number of fused-ring (bicyclic) bond motifs is 1. The van der Waals surface area contributed by atoms with Gasteiger partial charge < -0.3 is 27.5 Å². The highest BCUT2D eigenvalue weighted by molar-refractivity contribution is 6.03. The lowest BCUT2D eigenvalue weighted by Gasteiger charge is -2.13. The molecular formula is C21H22ClN9O. The molecule has 0 spiro atoms. The van der Waals surface area contributed by atoms with E-state index in [0.29, 0.717) is 24.5 Å². The Hall–Kier alpha value is -4.18. The number of halogens is 1. The monoisotopic (exact) mass is 451 g/mol. The number of anilines is 2. The Labute approximate surface area is 189 Å². The number of hydrogen-bond acceptors (Lipinski definition) is 6. The van der Waals surface area contributed by atoms with E-state index in [0.717, 1.165) is 22.4 Å². The van der Waals surface area contributed by atoms with Crippen LogP contribution in [0.4, 0.5) is 11.6 Å². The number of amides is 1. The number of nitrogens with two attached hydrogens (primary N) is 3. The van der Waals surface area contributed by atoms with Crippen LogP contribution in [0.15, 0.2) is 59.6 Å². The van der Waals surface area contributed by atoms with Gasteiger partial charge in [-0.15, -0.1) is 12.4 Å². The highest BCUT2D eigenvalue weighted by Crippen LogP contribution is 2.27. The van der Waals surface area contributed by atoms with Crippen LogP contribution in [0.1, 0.15) is 16.3 Å². The Balaban J connectivity index is 0.00000289. The van der Waals surface area contributed by atoms with Gasteiger partial charge in [-0.1, -0.05) is 42.5 Å². The number of imidazole rings is 1. The zero-order valence-electron chi connectivity index (χ0n) is 16.9. The van der Waals surface area contributed by atoms with Crippen molar-refractivity contribution in [1.82, 2.24) is 19.9 Å². The van der Waals surface area contributed by atoms with Gasteiger partial charge in [0.15, 0.2) is 23.3 Å². The molecule has 0 aliphatic carbocycles. The zero-order chi connectivity index (χ0) is 21.8. The molecule has 4 rings (SSSR count). The third-order valence-corrected chi connectivity index (χ3v) is 4.50. The van der Waals surface area contributed by atoms with Gasteiger partial charge in [0.2, 0.25) is 0 Å². The Kier molecular flexibility index (Phi) is 6.86. The number of nitrogens with zero attached hydrogens (tertiary/aromatic N) is 4. The molecule has 0 aliphatic heterocycles. The van der Waals surface area contributed by atoms with E-state index in [2.05, 4.69) is 30.2 Å². The molecular weight excluding hydrogens is 430 g/mol. The third kappa shape index (κ3) is 4.93. The molecule has 2 aromatic heterocycles. The zero-order valence-corrected chi connectivity index (χ0v) is 17.8. The van der Waals surface area contributed by atoms with Crippen molar-refractivity contribution in [2.45, 2.75) is 6.42 Å². The van der Waals surface area contributed by atoms with E-state index in [9.17, 15) is 4.79 Å². The number of carbonyl (C=O) groups is 1. The summed E-state index contributed by atoms with van der Waals surface area (Å²) >= 11 is 0. The molecule has 2 aromatic carbocycles. The van der Waals surface area contributed by atoms with Gasteiger partial charge in [-0.2, -0.15) is 4.99 Å². The Bertz CT molecular complexity index is 1230. The second-order valence-electron chi connectivity index (χ2n) is 6.74. The molecule has 10 nitrogen and oxygen atoms in total. The summed E-state index contributed by atoms with van der Waals surface area (Å²) in [5, 5.41) is 3.24. The molecule has 0 saturated heterocycles. The van der Waals surface area contributed by atoms with E-state index in [-0.39, 0.29) is 29.9 Å². The summed E-state index contributed by atoms with van der Waals surface area (Å²) in [6.45, 7) is 0.523. The van der Waals surface area contributed by atoms with Gasteiger partial charge in [-0.3, -0.25) is 4.79 Å². The van der Waals surface area contributed by atoms with Gasteiger partial charge >= 0.3 is 5.91 Å². The average molecular weight is 452 g/mol. The number of guanidine groups is 1. The summed E-state index contributed by atoms with van der Waals surface area (Å²) < 4.78 is 0. The van der Waals surface area contributed by atoms with Gasteiger partial charge in [0.05, 0.1) is 11.0 Å². The average Bonchev–Trinajstić information content (AvgIpc) is 3.17. The van der Waals surface area contributed by atoms with E-state index in [1.54, 1.807) is 0 Å². The first-order chi connectivity index (χ1) is 15.0. The molecule has 0 radical (unpaired) electrons. The fraction of sp³-hybridized carbons (Fsp3) is 0.0952. The van der Waals surface area contributed by atoms with Crippen molar-refractivity contribution in [2.75, 3.05) is 17.6 Å². The summed E-state index contributed by atoms with van der Waals surface area (Å²) in [5.41, 5.74) is 19.6. The fourth-order valence-electron chi connectivity index (χ4n) is 3.12. The number of aromatic nitrogens is 4. The number of nitrogen functional groups attached to an aromatic ring is 1. The van der Waals surface area contributed by atoms with Gasteiger partial charge in [0.25, 0.3) is 0 Å². The quantitative estimate of drug-likeness (QED) is 0.219. The molecule has 0 aliphatic rings.